The van der Waals surface area contributed by atoms with Gasteiger partial charge in [-0.3, -0.25) is 0 Å². The summed E-state index contributed by atoms with van der Waals surface area (Å²) in [5.41, 5.74) is 8.58. The minimum absolute atomic E-state index is 0.478. The van der Waals surface area contributed by atoms with Gasteiger partial charge in [-0.15, -0.1) is 5.10 Å². The molecule has 0 saturated heterocycles. The molecule has 0 radical (unpaired) electrons. The van der Waals surface area contributed by atoms with Gasteiger partial charge < -0.3 is 5.73 Å². The summed E-state index contributed by atoms with van der Waals surface area (Å²) in [4.78, 5) is 8.57. The topological polar surface area (TPSA) is 95.4 Å². The van der Waals surface area contributed by atoms with Crippen LogP contribution in [-0.2, 0) is 6.42 Å². The number of nitrogens with two attached hydrogens (primary N) is 1. The highest BCUT2D eigenvalue weighted by atomic mass is 15.5. The molecule has 2 N–H and O–H groups in total. The van der Waals surface area contributed by atoms with Crippen LogP contribution in [-0.4, -0.2) is 30.2 Å². The molecule has 100 valence electrons. The van der Waals surface area contributed by atoms with Crippen LogP contribution in [0.4, 0.5) is 5.82 Å². The van der Waals surface area contributed by atoms with Crippen LogP contribution in [0.25, 0.3) is 16.8 Å². The van der Waals surface area contributed by atoms with Crippen molar-refractivity contribution in [1.82, 2.24) is 30.2 Å². The molecule has 0 aliphatic rings. The predicted molar refractivity (Wildman–Crippen MR) is 74.0 cm³/mol. The number of nitrogens with zero attached hydrogens (tertiary/aromatic N) is 6. The van der Waals surface area contributed by atoms with Crippen molar-refractivity contribution in [3.8, 4) is 16.8 Å². The van der Waals surface area contributed by atoms with Crippen molar-refractivity contribution >= 4 is 5.82 Å². The number of hydrogen-bond acceptors (Lipinski definition) is 6. The Morgan fingerprint density at radius 1 is 1.30 bits per heavy atom. The Hall–Kier alpha value is -2.83. The number of benzene rings is 1. The Kier molecular flexibility index (Phi) is 3.08. The van der Waals surface area contributed by atoms with Crippen molar-refractivity contribution in [3.05, 3.63) is 42.6 Å². The maximum atomic E-state index is 6.00. The lowest BCUT2D eigenvalue weighted by Crippen LogP contribution is -2.01. The van der Waals surface area contributed by atoms with Gasteiger partial charge in [-0.05, 0) is 28.1 Å². The van der Waals surface area contributed by atoms with Gasteiger partial charge in [0.1, 0.15) is 18.0 Å². The molecule has 0 bridgehead atoms. The van der Waals surface area contributed by atoms with Gasteiger partial charge in [0.2, 0.25) is 0 Å². The van der Waals surface area contributed by atoms with Gasteiger partial charge in [-0.25, -0.2) is 14.6 Å². The molecule has 3 rings (SSSR count). The molecule has 2 aromatic heterocycles. The largest absolute Gasteiger partial charge is 0.383 e. The quantitative estimate of drug-likeness (QED) is 0.767. The van der Waals surface area contributed by atoms with Gasteiger partial charge in [-0.2, -0.15) is 0 Å². The van der Waals surface area contributed by atoms with E-state index in [0.717, 1.165) is 29.1 Å². The number of aromatic nitrogens is 6. The zero-order chi connectivity index (χ0) is 13.9. The van der Waals surface area contributed by atoms with E-state index < -0.39 is 0 Å². The van der Waals surface area contributed by atoms with E-state index in [9.17, 15) is 0 Å². The maximum absolute atomic E-state index is 6.00. The molecule has 0 amide bonds. The van der Waals surface area contributed by atoms with Crippen molar-refractivity contribution in [2.45, 2.75) is 13.3 Å². The van der Waals surface area contributed by atoms with Gasteiger partial charge in [0, 0.05) is 18.2 Å². The van der Waals surface area contributed by atoms with Crippen LogP contribution in [0.2, 0.25) is 0 Å². The summed E-state index contributed by atoms with van der Waals surface area (Å²) in [6.07, 6.45) is 4.05. The molecule has 0 aliphatic heterocycles. The molecule has 0 unspecified atom stereocenters. The summed E-state index contributed by atoms with van der Waals surface area (Å²) in [6, 6.07) is 7.72. The van der Waals surface area contributed by atoms with Gasteiger partial charge >= 0.3 is 0 Å². The molecule has 1 aromatic carbocycles. The Balaban J connectivity index is 2.05. The first kappa shape index (κ1) is 12.2. The van der Waals surface area contributed by atoms with E-state index in [2.05, 4.69) is 25.5 Å². The molecule has 7 heteroatoms. The molecular formula is C13H13N7. The van der Waals surface area contributed by atoms with Gasteiger partial charge in [0.05, 0.1) is 5.69 Å². The normalized spacial score (nSPS) is 10.7. The third-order valence-electron chi connectivity index (χ3n) is 2.96. The molecule has 0 fully saturated rings. The highest BCUT2D eigenvalue weighted by Crippen LogP contribution is 2.25. The number of aryl methyl sites for hydroxylation is 1. The fraction of sp³-hybridized carbons (Fsp3) is 0.154. The average molecular weight is 267 g/mol. The highest BCUT2D eigenvalue weighted by molar-refractivity contribution is 5.74. The van der Waals surface area contributed by atoms with Gasteiger partial charge in [0.15, 0.2) is 0 Å². The fourth-order valence-electron chi connectivity index (χ4n) is 1.92. The lowest BCUT2D eigenvalue weighted by molar-refractivity contribution is 0.789. The van der Waals surface area contributed by atoms with Crippen molar-refractivity contribution in [2.24, 2.45) is 0 Å². The standard InChI is InChI=1S/C13H13N7/c1-2-12-15-7-11(13(14)17-12)9-4-3-5-10(6-9)20-8-16-18-19-20/h3-8H,2H2,1H3,(H2,14,15,17). The van der Waals surface area contributed by atoms with Crippen molar-refractivity contribution < 1.29 is 0 Å². The Morgan fingerprint density at radius 2 is 2.20 bits per heavy atom. The summed E-state index contributed by atoms with van der Waals surface area (Å²) in [5.74, 6) is 1.22. The third-order valence-corrected chi connectivity index (χ3v) is 2.96. The first-order valence-corrected chi connectivity index (χ1v) is 6.23. The zero-order valence-corrected chi connectivity index (χ0v) is 10.9. The van der Waals surface area contributed by atoms with Crippen LogP contribution < -0.4 is 5.73 Å². The molecule has 0 saturated carbocycles. The smallest absolute Gasteiger partial charge is 0.143 e. The first-order chi connectivity index (χ1) is 9.78. The monoisotopic (exact) mass is 267 g/mol. The lowest BCUT2D eigenvalue weighted by atomic mass is 10.1. The molecule has 0 aliphatic carbocycles. The van der Waals surface area contributed by atoms with E-state index in [1.165, 1.54) is 0 Å². The molecule has 7 nitrogen and oxygen atoms in total. The summed E-state index contributed by atoms with van der Waals surface area (Å²) in [7, 11) is 0. The van der Waals surface area contributed by atoms with Crippen LogP contribution in [0, 0.1) is 0 Å². The number of tetrazole rings is 1. The molecule has 2 heterocycles. The van der Waals surface area contributed by atoms with E-state index >= 15 is 0 Å². The van der Waals surface area contributed by atoms with E-state index in [1.807, 2.05) is 31.2 Å². The Labute approximate surface area is 115 Å². The second-order valence-corrected chi connectivity index (χ2v) is 4.24. The summed E-state index contributed by atoms with van der Waals surface area (Å²) < 4.78 is 1.58. The predicted octanol–water partition coefficient (Wildman–Crippen LogP) is 1.26. The van der Waals surface area contributed by atoms with Crippen molar-refractivity contribution in [1.29, 1.82) is 0 Å². The summed E-state index contributed by atoms with van der Waals surface area (Å²) >= 11 is 0. The number of nitrogen functional groups attached to an aromatic ring is 1. The molecule has 0 spiro atoms. The molecular weight excluding hydrogens is 254 g/mol. The van der Waals surface area contributed by atoms with Gasteiger partial charge in [0.25, 0.3) is 0 Å². The second-order valence-electron chi connectivity index (χ2n) is 4.24. The van der Waals surface area contributed by atoms with E-state index in [4.69, 9.17) is 5.73 Å². The van der Waals surface area contributed by atoms with Gasteiger partial charge in [-0.1, -0.05) is 19.1 Å². The first-order valence-electron chi connectivity index (χ1n) is 6.23. The average Bonchev–Trinajstić information content (AvgIpc) is 3.01. The second kappa shape index (κ2) is 5.04. The fourth-order valence-corrected chi connectivity index (χ4v) is 1.92. The zero-order valence-electron chi connectivity index (χ0n) is 10.9. The summed E-state index contributed by atoms with van der Waals surface area (Å²) in [6.45, 7) is 1.99. The van der Waals surface area contributed by atoms with Crippen LogP contribution in [0.3, 0.4) is 0 Å². The van der Waals surface area contributed by atoms with Crippen LogP contribution in [0.5, 0.6) is 0 Å². The number of hydrogen-bond donors (Lipinski definition) is 1. The third kappa shape index (κ3) is 2.20. The minimum atomic E-state index is 0.478. The Bertz CT molecular complexity index is 721. The van der Waals surface area contributed by atoms with Crippen LogP contribution in [0.1, 0.15) is 12.7 Å². The van der Waals surface area contributed by atoms with Crippen molar-refractivity contribution in [2.75, 3.05) is 5.73 Å². The van der Waals surface area contributed by atoms with Crippen molar-refractivity contribution in [3.63, 3.8) is 0 Å². The van der Waals surface area contributed by atoms with Crippen LogP contribution in [0.15, 0.2) is 36.8 Å². The molecule has 20 heavy (non-hydrogen) atoms. The SMILES string of the molecule is CCc1ncc(-c2cccc(-n3cnnn3)c2)c(N)n1. The minimum Gasteiger partial charge on any atom is -0.383 e. The molecule has 3 aromatic rings. The lowest BCUT2D eigenvalue weighted by Gasteiger charge is -2.07. The highest BCUT2D eigenvalue weighted by Gasteiger charge is 2.07. The number of rotatable bonds is 3. The summed E-state index contributed by atoms with van der Waals surface area (Å²) in [5, 5.41) is 11.1. The van der Waals surface area contributed by atoms with E-state index in [1.54, 1.807) is 17.2 Å². The Morgan fingerprint density at radius 3 is 2.90 bits per heavy atom. The number of anilines is 1. The van der Waals surface area contributed by atoms with E-state index in [0.29, 0.717) is 5.82 Å². The maximum Gasteiger partial charge on any atom is 0.143 e. The molecule has 0 atom stereocenters. The van der Waals surface area contributed by atoms with Crippen LogP contribution >= 0.6 is 0 Å². The van der Waals surface area contributed by atoms with E-state index in [-0.39, 0.29) is 0 Å².